The number of carbonyl (C=O) groups is 1. The van der Waals surface area contributed by atoms with Crippen molar-refractivity contribution in [2.75, 3.05) is 5.88 Å². The molecule has 0 bridgehead atoms. The second kappa shape index (κ2) is 7.45. The van der Waals surface area contributed by atoms with Crippen LogP contribution in [-0.4, -0.2) is 22.8 Å². The lowest BCUT2D eigenvalue weighted by Crippen LogP contribution is -2.39. The van der Waals surface area contributed by atoms with Gasteiger partial charge in [0, 0.05) is 23.0 Å². The third-order valence-corrected chi connectivity index (χ3v) is 3.39. The second-order valence-electron chi connectivity index (χ2n) is 4.72. The van der Waals surface area contributed by atoms with Crippen LogP contribution in [0.1, 0.15) is 30.6 Å². The van der Waals surface area contributed by atoms with Crippen LogP contribution in [0.3, 0.4) is 0 Å². The first-order chi connectivity index (χ1) is 9.36. The molecule has 1 aromatic rings. The molecule has 1 aromatic carbocycles. The highest BCUT2D eigenvalue weighted by atomic mass is 35.5. The summed E-state index contributed by atoms with van der Waals surface area (Å²) in [7, 11) is 0. The van der Waals surface area contributed by atoms with Gasteiger partial charge in [0.15, 0.2) is 0 Å². The van der Waals surface area contributed by atoms with Crippen LogP contribution in [0, 0.1) is 16.0 Å². The number of carbonyl (C=O) groups excluding carboxylic acids is 1. The van der Waals surface area contributed by atoms with Gasteiger partial charge >= 0.3 is 0 Å². The molecule has 5 nitrogen and oxygen atoms in total. The molecule has 110 valence electrons. The maximum Gasteiger partial charge on any atom is 0.282 e. The first-order valence-corrected chi connectivity index (χ1v) is 7.08. The molecule has 1 rings (SSSR count). The third-order valence-electron chi connectivity index (χ3n) is 2.94. The van der Waals surface area contributed by atoms with E-state index in [1.807, 2.05) is 13.8 Å². The van der Waals surface area contributed by atoms with Crippen molar-refractivity contribution in [1.29, 1.82) is 0 Å². The number of amides is 1. The quantitative estimate of drug-likeness (QED) is 0.494. The summed E-state index contributed by atoms with van der Waals surface area (Å²) in [4.78, 5) is 22.5. The van der Waals surface area contributed by atoms with Crippen LogP contribution >= 0.6 is 23.2 Å². The Labute approximate surface area is 127 Å². The summed E-state index contributed by atoms with van der Waals surface area (Å²) in [5.41, 5.74) is -0.303. The van der Waals surface area contributed by atoms with Crippen LogP contribution in [0.5, 0.6) is 0 Å². The fourth-order valence-electron chi connectivity index (χ4n) is 1.79. The normalized spacial score (nSPS) is 12.2. The molecule has 0 saturated carbocycles. The number of hydrogen-bond acceptors (Lipinski definition) is 3. The Morgan fingerprint density at radius 2 is 2.10 bits per heavy atom. The number of benzene rings is 1. The van der Waals surface area contributed by atoms with E-state index in [0.717, 1.165) is 0 Å². The van der Waals surface area contributed by atoms with Gasteiger partial charge in [-0.25, -0.2) is 0 Å². The molecule has 1 unspecified atom stereocenters. The summed E-state index contributed by atoms with van der Waals surface area (Å²) in [6.45, 7) is 3.90. The molecule has 1 amide bonds. The van der Waals surface area contributed by atoms with Crippen molar-refractivity contribution in [3.8, 4) is 0 Å². The molecule has 0 fully saturated rings. The van der Waals surface area contributed by atoms with Crippen molar-refractivity contribution < 1.29 is 9.72 Å². The van der Waals surface area contributed by atoms with E-state index in [2.05, 4.69) is 5.32 Å². The van der Waals surface area contributed by atoms with E-state index in [0.29, 0.717) is 12.3 Å². The highest BCUT2D eigenvalue weighted by Crippen LogP contribution is 2.23. The minimum absolute atomic E-state index is 0.0391. The predicted octanol–water partition coefficient (Wildman–Crippen LogP) is 3.63. The first kappa shape index (κ1) is 16.7. The Hall–Kier alpha value is -1.33. The Bertz CT molecular complexity index is 506. The summed E-state index contributed by atoms with van der Waals surface area (Å²) >= 11 is 11.5. The molecule has 0 aliphatic carbocycles. The maximum absolute atomic E-state index is 12.2. The number of nitrogens with one attached hydrogen (secondary N) is 1. The molecular formula is C13H16Cl2N2O3. The van der Waals surface area contributed by atoms with Crippen LogP contribution in [0.25, 0.3) is 0 Å². The summed E-state index contributed by atoms with van der Waals surface area (Å²) in [5, 5.41) is 14.0. The number of alkyl halides is 1. The van der Waals surface area contributed by atoms with E-state index in [9.17, 15) is 14.9 Å². The average Bonchev–Trinajstić information content (AvgIpc) is 2.37. The van der Waals surface area contributed by atoms with Gasteiger partial charge in [-0.15, -0.1) is 11.6 Å². The Morgan fingerprint density at radius 1 is 1.45 bits per heavy atom. The molecule has 0 aliphatic rings. The van der Waals surface area contributed by atoms with Crippen LogP contribution in [-0.2, 0) is 0 Å². The van der Waals surface area contributed by atoms with Crippen LogP contribution < -0.4 is 5.32 Å². The summed E-state index contributed by atoms with van der Waals surface area (Å²) < 4.78 is 0. The van der Waals surface area contributed by atoms with Gasteiger partial charge in [-0.2, -0.15) is 0 Å². The van der Waals surface area contributed by atoms with Crippen molar-refractivity contribution in [3.05, 3.63) is 38.9 Å². The fraction of sp³-hybridized carbons (Fsp3) is 0.462. The van der Waals surface area contributed by atoms with Gasteiger partial charge in [0.05, 0.1) is 4.92 Å². The molecule has 7 heteroatoms. The Balaban J connectivity index is 3.02. The second-order valence-corrected chi connectivity index (χ2v) is 5.53. The lowest BCUT2D eigenvalue weighted by atomic mass is 10.0. The summed E-state index contributed by atoms with van der Waals surface area (Å²) in [6, 6.07) is 3.77. The van der Waals surface area contributed by atoms with Gasteiger partial charge < -0.3 is 5.32 Å². The molecule has 0 radical (unpaired) electrons. The smallest absolute Gasteiger partial charge is 0.282 e. The van der Waals surface area contributed by atoms with Crippen molar-refractivity contribution in [2.24, 2.45) is 5.92 Å². The number of nitrogens with zero attached hydrogens (tertiary/aromatic N) is 1. The van der Waals surface area contributed by atoms with Gasteiger partial charge in [-0.3, -0.25) is 14.9 Å². The minimum Gasteiger partial charge on any atom is -0.349 e. The van der Waals surface area contributed by atoms with Crippen molar-refractivity contribution >= 4 is 34.8 Å². The fourth-order valence-corrected chi connectivity index (χ4v) is 2.19. The van der Waals surface area contributed by atoms with E-state index in [4.69, 9.17) is 23.2 Å². The van der Waals surface area contributed by atoms with Gasteiger partial charge in [0.1, 0.15) is 5.56 Å². The minimum atomic E-state index is -0.600. The van der Waals surface area contributed by atoms with E-state index < -0.39 is 10.8 Å². The number of rotatable bonds is 6. The number of nitro benzene ring substituents is 1. The Morgan fingerprint density at radius 3 is 2.60 bits per heavy atom. The number of halogens is 2. The molecule has 0 spiro atoms. The van der Waals surface area contributed by atoms with E-state index in [1.54, 1.807) is 0 Å². The number of hydrogen-bond donors (Lipinski definition) is 1. The highest BCUT2D eigenvalue weighted by molar-refractivity contribution is 6.31. The van der Waals surface area contributed by atoms with Gasteiger partial charge in [-0.1, -0.05) is 25.4 Å². The van der Waals surface area contributed by atoms with Crippen molar-refractivity contribution in [1.82, 2.24) is 5.32 Å². The van der Waals surface area contributed by atoms with Crippen LogP contribution in [0.15, 0.2) is 18.2 Å². The Kier molecular flexibility index (Phi) is 6.23. The molecule has 0 aromatic heterocycles. The zero-order chi connectivity index (χ0) is 15.3. The lowest BCUT2D eigenvalue weighted by molar-refractivity contribution is -0.385. The van der Waals surface area contributed by atoms with Crippen molar-refractivity contribution in [3.63, 3.8) is 0 Å². The van der Waals surface area contributed by atoms with E-state index >= 15 is 0 Å². The first-order valence-electron chi connectivity index (χ1n) is 6.17. The van der Waals surface area contributed by atoms with Crippen LogP contribution in [0.4, 0.5) is 5.69 Å². The average molecular weight is 319 g/mol. The third kappa shape index (κ3) is 4.35. The SMILES string of the molecule is CC(C)C(CCCl)NC(=O)c1cc(Cl)ccc1[N+](=O)[O-]. The summed E-state index contributed by atoms with van der Waals surface area (Å²) in [6.07, 6.45) is 0.597. The predicted molar refractivity (Wildman–Crippen MR) is 79.5 cm³/mol. The topological polar surface area (TPSA) is 72.2 Å². The van der Waals surface area contributed by atoms with Crippen LogP contribution in [0.2, 0.25) is 5.02 Å². The van der Waals surface area contributed by atoms with Gasteiger partial charge in [0.25, 0.3) is 11.6 Å². The van der Waals surface area contributed by atoms with Gasteiger partial charge in [0.2, 0.25) is 0 Å². The molecule has 20 heavy (non-hydrogen) atoms. The molecule has 0 saturated heterocycles. The number of nitro groups is 1. The molecule has 1 N–H and O–H groups in total. The standard InChI is InChI=1S/C13H16Cl2N2O3/c1-8(2)11(5-6-14)16-13(18)10-7-9(15)3-4-12(10)17(19)20/h3-4,7-8,11H,5-6H2,1-2H3,(H,16,18). The largest absolute Gasteiger partial charge is 0.349 e. The lowest BCUT2D eigenvalue weighted by Gasteiger charge is -2.21. The van der Waals surface area contributed by atoms with E-state index in [-0.39, 0.29) is 28.2 Å². The van der Waals surface area contributed by atoms with Crippen molar-refractivity contribution in [2.45, 2.75) is 26.3 Å². The zero-order valence-corrected chi connectivity index (χ0v) is 12.7. The molecular weight excluding hydrogens is 303 g/mol. The highest BCUT2D eigenvalue weighted by Gasteiger charge is 2.23. The monoisotopic (exact) mass is 318 g/mol. The summed E-state index contributed by atoms with van der Waals surface area (Å²) in [5.74, 6) is 0.0692. The van der Waals surface area contributed by atoms with E-state index in [1.165, 1.54) is 18.2 Å². The molecule has 1 atom stereocenters. The molecule has 0 aliphatic heterocycles. The van der Waals surface area contributed by atoms with Gasteiger partial charge in [-0.05, 0) is 24.5 Å². The molecule has 0 heterocycles. The zero-order valence-electron chi connectivity index (χ0n) is 11.2. The maximum atomic E-state index is 12.2.